The SMILES string of the molecule is CCCC(=O)C1C(=O)CC2(C(=O)OC)CC(C)CC2C1=O. The Morgan fingerprint density at radius 3 is 2.57 bits per heavy atom. The maximum absolute atomic E-state index is 12.7. The van der Waals surface area contributed by atoms with Crippen LogP contribution in [0.25, 0.3) is 0 Å². The Kier molecular flexibility index (Phi) is 4.30. The van der Waals surface area contributed by atoms with Crippen LogP contribution in [-0.2, 0) is 23.9 Å². The highest BCUT2D eigenvalue weighted by molar-refractivity contribution is 6.23. The van der Waals surface area contributed by atoms with Gasteiger partial charge in [0, 0.05) is 18.8 Å². The molecule has 4 atom stereocenters. The lowest BCUT2D eigenvalue weighted by Crippen LogP contribution is -2.52. The monoisotopic (exact) mass is 294 g/mol. The van der Waals surface area contributed by atoms with Gasteiger partial charge >= 0.3 is 5.97 Å². The summed E-state index contributed by atoms with van der Waals surface area (Å²) in [5.74, 6) is -3.09. The number of ketones is 3. The summed E-state index contributed by atoms with van der Waals surface area (Å²) < 4.78 is 4.85. The van der Waals surface area contributed by atoms with Gasteiger partial charge in [-0.15, -0.1) is 0 Å². The molecule has 0 spiro atoms. The molecule has 21 heavy (non-hydrogen) atoms. The van der Waals surface area contributed by atoms with Crippen molar-refractivity contribution in [3.05, 3.63) is 0 Å². The Balaban J connectivity index is 2.37. The topological polar surface area (TPSA) is 77.5 Å². The average Bonchev–Trinajstić information content (AvgIpc) is 2.76. The van der Waals surface area contributed by atoms with Gasteiger partial charge in [0.2, 0.25) is 0 Å². The van der Waals surface area contributed by atoms with Crippen LogP contribution in [-0.4, -0.2) is 30.4 Å². The summed E-state index contributed by atoms with van der Waals surface area (Å²) >= 11 is 0. The molecule has 0 heterocycles. The van der Waals surface area contributed by atoms with E-state index >= 15 is 0 Å². The summed E-state index contributed by atoms with van der Waals surface area (Å²) in [5.41, 5.74) is -1.04. The fourth-order valence-electron chi connectivity index (χ4n) is 4.06. The van der Waals surface area contributed by atoms with Crippen molar-refractivity contribution in [1.82, 2.24) is 0 Å². The van der Waals surface area contributed by atoms with Gasteiger partial charge in [-0.2, -0.15) is 0 Å². The van der Waals surface area contributed by atoms with Crippen LogP contribution in [0.2, 0.25) is 0 Å². The van der Waals surface area contributed by atoms with Crippen molar-refractivity contribution in [3.63, 3.8) is 0 Å². The summed E-state index contributed by atoms with van der Waals surface area (Å²) in [5, 5.41) is 0. The molecule has 0 N–H and O–H groups in total. The van der Waals surface area contributed by atoms with Crippen molar-refractivity contribution in [3.8, 4) is 0 Å². The number of Topliss-reactive ketones (excluding diaryl/α,β-unsaturated/α-hetero) is 3. The highest BCUT2D eigenvalue weighted by Crippen LogP contribution is 2.54. The van der Waals surface area contributed by atoms with Crippen LogP contribution in [0, 0.1) is 23.2 Å². The average molecular weight is 294 g/mol. The molecule has 116 valence electrons. The molecule has 0 aromatic carbocycles. The number of rotatable bonds is 4. The summed E-state index contributed by atoms with van der Waals surface area (Å²) in [6.07, 6.45) is 1.84. The van der Waals surface area contributed by atoms with Gasteiger partial charge in [-0.25, -0.2) is 0 Å². The second-order valence-electron chi connectivity index (χ2n) is 6.44. The Labute approximate surface area is 124 Å². The van der Waals surface area contributed by atoms with E-state index in [9.17, 15) is 19.2 Å². The fraction of sp³-hybridized carbons (Fsp3) is 0.750. The Morgan fingerprint density at radius 2 is 2.00 bits per heavy atom. The van der Waals surface area contributed by atoms with E-state index in [0.717, 1.165) is 0 Å². The molecule has 0 aromatic rings. The Hall–Kier alpha value is -1.52. The third-order valence-electron chi connectivity index (χ3n) is 4.87. The molecule has 2 fully saturated rings. The van der Waals surface area contributed by atoms with E-state index in [2.05, 4.69) is 0 Å². The first-order chi connectivity index (χ1) is 9.87. The van der Waals surface area contributed by atoms with Crippen molar-refractivity contribution in [1.29, 1.82) is 0 Å². The molecule has 2 aliphatic rings. The second-order valence-corrected chi connectivity index (χ2v) is 6.44. The maximum atomic E-state index is 12.7. The second kappa shape index (κ2) is 5.70. The fourth-order valence-corrected chi connectivity index (χ4v) is 4.06. The highest BCUT2D eigenvalue weighted by atomic mass is 16.5. The highest BCUT2D eigenvalue weighted by Gasteiger charge is 2.62. The van der Waals surface area contributed by atoms with Crippen LogP contribution in [0.5, 0.6) is 0 Å². The number of ether oxygens (including phenoxy) is 1. The van der Waals surface area contributed by atoms with Crippen molar-refractivity contribution in [2.75, 3.05) is 7.11 Å². The summed E-state index contributed by atoms with van der Waals surface area (Å²) in [6, 6.07) is 0. The molecule has 0 bridgehead atoms. The summed E-state index contributed by atoms with van der Waals surface area (Å²) in [4.78, 5) is 49.3. The molecule has 2 saturated carbocycles. The predicted octanol–water partition coefficient (Wildman–Crippen LogP) is 1.72. The van der Waals surface area contributed by atoms with Gasteiger partial charge in [-0.1, -0.05) is 13.8 Å². The zero-order valence-electron chi connectivity index (χ0n) is 12.8. The minimum Gasteiger partial charge on any atom is -0.469 e. The number of esters is 1. The molecule has 2 rings (SSSR count). The maximum Gasteiger partial charge on any atom is 0.312 e. The lowest BCUT2D eigenvalue weighted by Gasteiger charge is -2.37. The largest absolute Gasteiger partial charge is 0.469 e. The minimum atomic E-state index is -1.15. The number of fused-ring (bicyclic) bond motifs is 1. The van der Waals surface area contributed by atoms with E-state index in [1.807, 2.05) is 13.8 Å². The van der Waals surface area contributed by atoms with Crippen molar-refractivity contribution >= 4 is 23.3 Å². The lowest BCUT2D eigenvalue weighted by molar-refractivity contribution is -0.166. The molecule has 5 nitrogen and oxygen atoms in total. The molecule has 0 aromatic heterocycles. The van der Waals surface area contributed by atoms with E-state index < -0.39 is 29.0 Å². The van der Waals surface area contributed by atoms with Gasteiger partial charge in [0.05, 0.1) is 12.5 Å². The first kappa shape index (κ1) is 15.9. The molecule has 2 aliphatic carbocycles. The molecule has 4 unspecified atom stereocenters. The van der Waals surface area contributed by atoms with Crippen LogP contribution >= 0.6 is 0 Å². The number of hydrogen-bond acceptors (Lipinski definition) is 5. The molecule has 0 radical (unpaired) electrons. The molecule has 0 aliphatic heterocycles. The van der Waals surface area contributed by atoms with E-state index in [0.29, 0.717) is 19.3 Å². The Morgan fingerprint density at radius 1 is 1.33 bits per heavy atom. The summed E-state index contributed by atoms with van der Waals surface area (Å²) in [6.45, 7) is 3.80. The predicted molar refractivity (Wildman–Crippen MR) is 74.4 cm³/mol. The van der Waals surface area contributed by atoms with Gasteiger partial charge in [0.1, 0.15) is 5.92 Å². The zero-order chi connectivity index (χ0) is 15.8. The van der Waals surface area contributed by atoms with E-state index in [-0.39, 0.29) is 30.3 Å². The van der Waals surface area contributed by atoms with Crippen molar-refractivity contribution < 1.29 is 23.9 Å². The van der Waals surface area contributed by atoms with E-state index in [1.54, 1.807) is 0 Å². The van der Waals surface area contributed by atoms with Crippen LogP contribution in [0.3, 0.4) is 0 Å². The third kappa shape index (κ3) is 2.43. The van der Waals surface area contributed by atoms with Gasteiger partial charge in [-0.3, -0.25) is 19.2 Å². The van der Waals surface area contributed by atoms with Gasteiger partial charge in [0.25, 0.3) is 0 Å². The molecule has 0 amide bonds. The standard InChI is InChI=1S/C16H22O5/c1-4-5-11(17)13-12(18)8-16(15(20)21-3)7-9(2)6-10(16)14(13)19/h9-10,13H,4-8H2,1-3H3. The first-order valence-corrected chi connectivity index (χ1v) is 7.55. The first-order valence-electron chi connectivity index (χ1n) is 7.55. The normalized spacial score (nSPS) is 35.5. The molecule has 0 saturated heterocycles. The van der Waals surface area contributed by atoms with Crippen LogP contribution in [0.1, 0.15) is 46.0 Å². The van der Waals surface area contributed by atoms with E-state index in [4.69, 9.17) is 4.74 Å². The van der Waals surface area contributed by atoms with Crippen molar-refractivity contribution in [2.24, 2.45) is 23.2 Å². The number of carbonyl (C=O) groups is 4. The number of hydrogen-bond donors (Lipinski definition) is 0. The number of carbonyl (C=O) groups excluding carboxylic acids is 4. The number of methoxy groups -OCH3 is 1. The molecular formula is C16H22O5. The van der Waals surface area contributed by atoms with Gasteiger partial charge in [0.15, 0.2) is 17.3 Å². The smallest absolute Gasteiger partial charge is 0.312 e. The zero-order valence-corrected chi connectivity index (χ0v) is 12.8. The van der Waals surface area contributed by atoms with Gasteiger partial charge < -0.3 is 4.74 Å². The van der Waals surface area contributed by atoms with Crippen LogP contribution < -0.4 is 0 Å². The third-order valence-corrected chi connectivity index (χ3v) is 4.87. The van der Waals surface area contributed by atoms with Crippen LogP contribution in [0.4, 0.5) is 0 Å². The lowest BCUT2D eigenvalue weighted by atomic mass is 9.62. The van der Waals surface area contributed by atoms with Crippen LogP contribution in [0.15, 0.2) is 0 Å². The Bertz CT molecular complexity index is 495. The molecular weight excluding hydrogens is 272 g/mol. The van der Waals surface area contributed by atoms with Crippen molar-refractivity contribution in [2.45, 2.75) is 46.0 Å². The summed E-state index contributed by atoms with van der Waals surface area (Å²) in [7, 11) is 1.28. The van der Waals surface area contributed by atoms with E-state index in [1.165, 1.54) is 7.11 Å². The van der Waals surface area contributed by atoms with Gasteiger partial charge in [-0.05, 0) is 25.2 Å². The molecule has 5 heteroatoms. The minimum absolute atomic E-state index is 0.0411. The quantitative estimate of drug-likeness (QED) is 0.583.